The molecular formula is C9H15NO. The van der Waals surface area contributed by atoms with E-state index in [0.29, 0.717) is 5.54 Å². The van der Waals surface area contributed by atoms with Crippen LogP contribution in [0.1, 0.15) is 19.3 Å². The Kier molecular flexibility index (Phi) is 1.06. The molecule has 2 nitrogen and oxygen atoms in total. The van der Waals surface area contributed by atoms with E-state index in [4.69, 9.17) is 4.74 Å². The van der Waals surface area contributed by atoms with Crippen molar-refractivity contribution in [2.75, 3.05) is 20.3 Å². The lowest BCUT2D eigenvalue weighted by molar-refractivity contribution is -0.0374. The molecule has 2 bridgehead atoms. The van der Waals surface area contributed by atoms with Gasteiger partial charge in [0.1, 0.15) is 0 Å². The highest BCUT2D eigenvalue weighted by atomic mass is 16.5. The average molecular weight is 153 g/mol. The maximum absolute atomic E-state index is 5.31. The summed E-state index contributed by atoms with van der Waals surface area (Å²) in [5.74, 6) is 0.987. The summed E-state index contributed by atoms with van der Waals surface area (Å²) in [6, 6.07) is 0.948. The first kappa shape index (κ1) is 6.44. The first-order valence-corrected chi connectivity index (χ1v) is 4.62. The van der Waals surface area contributed by atoms with E-state index in [-0.39, 0.29) is 0 Å². The van der Waals surface area contributed by atoms with Crippen LogP contribution in [0.15, 0.2) is 0 Å². The summed E-state index contributed by atoms with van der Waals surface area (Å²) < 4.78 is 5.31. The Morgan fingerprint density at radius 3 is 2.82 bits per heavy atom. The average Bonchev–Trinajstić information content (AvgIpc) is 2.16. The third-order valence-corrected chi connectivity index (χ3v) is 4.07. The number of nitrogens with zero attached hydrogens (tertiary/aromatic N) is 1. The standard InChI is InChI=1S/C9H15NO/c1-11-6-9-2-3-10(9)8-4-7(9)5-8/h7-8H,2-6H2,1H3/t7?,8?,9-/m0/s1. The lowest BCUT2D eigenvalue weighted by Crippen LogP contribution is -2.58. The molecular weight excluding hydrogens is 138 g/mol. The predicted molar refractivity (Wildman–Crippen MR) is 42.4 cm³/mol. The van der Waals surface area contributed by atoms with Gasteiger partial charge in [0.15, 0.2) is 0 Å². The number of methoxy groups -OCH3 is 1. The first-order chi connectivity index (χ1) is 5.37. The van der Waals surface area contributed by atoms with Gasteiger partial charge in [-0.1, -0.05) is 0 Å². The van der Waals surface area contributed by atoms with Crippen LogP contribution in [0.25, 0.3) is 0 Å². The topological polar surface area (TPSA) is 12.5 Å². The molecule has 0 spiro atoms. The van der Waals surface area contributed by atoms with Crippen molar-refractivity contribution in [2.45, 2.75) is 30.8 Å². The van der Waals surface area contributed by atoms with Crippen LogP contribution in [-0.2, 0) is 4.74 Å². The van der Waals surface area contributed by atoms with Crippen LogP contribution in [-0.4, -0.2) is 36.7 Å². The molecule has 0 aromatic heterocycles. The van der Waals surface area contributed by atoms with Gasteiger partial charge in [0.05, 0.1) is 6.61 Å². The monoisotopic (exact) mass is 153 g/mol. The molecule has 1 atom stereocenters. The summed E-state index contributed by atoms with van der Waals surface area (Å²) in [4.78, 5) is 2.68. The summed E-state index contributed by atoms with van der Waals surface area (Å²) in [5, 5.41) is 0. The third kappa shape index (κ3) is 0.541. The van der Waals surface area contributed by atoms with Gasteiger partial charge in [-0.3, -0.25) is 4.90 Å². The maximum Gasteiger partial charge on any atom is 0.0649 e. The molecule has 0 radical (unpaired) electrons. The number of rotatable bonds is 2. The van der Waals surface area contributed by atoms with E-state index in [1.807, 2.05) is 7.11 Å². The molecule has 0 aromatic rings. The van der Waals surface area contributed by atoms with E-state index in [0.717, 1.165) is 18.6 Å². The molecule has 0 N–H and O–H groups in total. The lowest BCUT2D eigenvalue weighted by atomic mass is 9.73. The second kappa shape index (κ2) is 1.80. The zero-order valence-electron chi connectivity index (χ0n) is 7.05. The van der Waals surface area contributed by atoms with Crippen LogP contribution in [0, 0.1) is 5.92 Å². The molecule has 11 heavy (non-hydrogen) atoms. The van der Waals surface area contributed by atoms with Crippen LogP contribution in [0.2, 0.25) is 0 Å². The van der Waals surface area contributed by atoms with Crippen LogP contribution >= 0.6 is 0 Å². The van der Waals surface area contributed by atoms with Crippen molar-refractivity contribution < 1.29 is 4.74 Å². The van der Waals surface area contributed by atoms with Gasteiger partial charge in [-0.2, -0.15) is 0 Å². The Morgan fingerprint density at radius 2 is 2.36 bits per heavy atom. The fourth-order valence-electron chi connectivity index (χ4n) is 3.32. The number of ether oxygens (including phenoxy) is 1. The molecule has 0 amide bonds. The van der Waals surface area contributed by atoms with Crippen LogP contribution in [0.3, 0.4) is 0 Å². The van der Waals surface area contributed by atoms with Gasteiger partial charge in [0, 0.05) is 25.2 Å². The molecule has 4 rings (SSSR count). The minimum atomic E-state index is 0.527. The van der Waals surface area contributed by atoms with Crippen molar-refractivity contribution >= 4 is 0 Å². The first-order valence-electron chi connectivity index (χ1n) is 4.62. The number of hydrogen-bond donors (Lipinski definition) is 0. The molecule has 4 aliphatic rings. The van der Waals surface area contributed by atoms with Gasteiger partial charge >= 0.3 is 0 Å². The van der Waals surface area contributed by atoms with Crippen molar-refractivity contribution in [3.05, 3.63) is 0 Å². The van der Waals surface area contributed by atoms with E-state index >= 15 is 0 Å². The van der Waals surface area contributed by atoms with E-state index in [9.17, 15) is 0 Å². The Bertz CT molecular complexity index is 188. The molecule has 3 heterocycles. The number of hydrogen-bond acceptors (Lipinski definition) is 2. The highest BCUT2D eigenvalue weighted by molar-refractivity contribution is 5.19. The van der Waals surface area contributed by atoms with Crippen LogP contribution < -0.4 is 0 Å². The highest BCUT2D eigenvalue weighted by Gasteiger charge is 2.64. The summed E-state index contributed by atoms with van der Waals surface area (Å²) in [6.07, 6.45) is 4.31. The molecule has 1 aliphatic carbocycles. The third-order valence-electron chi connectivity index (χ3n) is 4.07. The van der Waals surface area contributed by atoms with Gasteiger partial charge < -0.3 is 4.74 Å². The van der Waals surface area contributed by atoms with E-state index in [2.05, 4.69) is 4.90 Å². The second-order valence-corrected chi connectivity index (χ2v) is 4.30. The molecule has 3 saturated heterocycles. The summed E-state index contributed by atoms with van der Waals surface area (Å²) in [6.45, 7) is 2.32. The Hall–Kier alpha value is -0.0800. The highest BCUT2D eigenvalue weighted by Crippen LogP contribution is 2.58. The van der Waals surface area contributed by atoms with Crippen LogP contribution in [0.5, 0.6) is 0 Å². The Morgan fingerprint density at radius 1 is 1.55 bits per heavy atom. The summed E-state index contributed by atoms with van der Waals surface area (Å²) >= 11 is 0. The van der Waals surface area contributed by atoms with Crippen LogP contribution in [0.4, 0.5) is 0 Å². The predicted octanol–water partition coefficient (Wildman–Crippen LogP) is 0.870. The Labute approximate surface area is 67.5 Å². The molecule has 2 heteroatoms. The molecule has 0 unspecified atom stereocenters. The van der Waals surface area contributed by atoms with Gasteiger partial charge in [0.25, 0.3) is 0 Å². The zero-order chi connectivity index (χ0) is 7.47. The van der Waals surface area contributed by atoms with Gasteiger partial charge in [0.2, 0.25) is 0 Å². The maximum atomic E-state index is 5.31. The molecule has 1 saturated carbocycles. The SMILES string of the molecule is COC[C@]12CCN1C1CC2C1. The van der Waals surface area contributed by atoms with E-state index < -0.39 is 0 Å². The van der Waals surface area contributed by atoms with Crippen molar-refractivity contribution in [3.63, 3.8) is 0 Å². The van der Waals surface area contributed by atoms with Crippen molar-refractivity contribution in [3.8, 4) is 0 Å². The summed E-state index contributed by atoms with van der Waals surface area (Å²) in [7, 11) is 1.83. The van der Waals surface area contributed by atoms with Gasteiger partial charge in [-0.05, 0) is 25.2 Å². The largest absolute Gasteiger partial charge is 0.383 e. The van der Waals surface area contributed by atoms with Gasteiger partial charge in [-0.15, -0.1) is 0 Å². The molecule has 62 valence electrons. The summed E-state index contributed by atoms with van der Waals surface area (Å²) in [5.41, 5.74) is 0.527. The quantitative estimate of drug-likeness (QED) is 0.583. The second-order valence-electron chi connectivity index (χ2n) is 4.30. The van der Waals surface area contributed by atoms with Gasteiger partial charge in [-0.25, -0.2) is 0 Å². The fourth-order valence-corrected chi connectivity index (χ4v) is 3.32. The normalized spacial score (nSPS) is 53.2. The lowest BCUT2D eigenvalue weighted by Gasteiger charge is -2.47. The molecule has 4 fully saturated rings. The minimum Gasteiger partial charge on any atom is -0.383 e. The fraction of sp³-hybridized carbons (Fsp3) is 1.00. The Balaban J connectivity index is 1.86. The zero-order valence-corrected chi connectivity index (χ0v) is 7.05. The van der Waals surface area contributed by atoms with Crippen molar-refractivity contribution in [1.82, 2.24) is 4.90 Å². The van der Waals surface area contributed by atoms with Crippen molar-refractivity contribution in [2.24, 2.45) is 5.92 Å². The van der Waals surface area contributed by atoms with Crippen molar-refractivity contribution in [1.29, 1.82) is 0 Å². The van der Waals surface area contributed by atoms with E-state index in [1.54, 1.807) is 0 Å². The van der Waals surface area contributed by atoms with E-state index in [1.165, 1.54) is 25.8 Å². The minimum absolute atomic E-state index is 0.527. The molecule has 0 aromatic carbocycles. The smallest absolute Gasteiger partial charge is 0.0649 e. The molecule has 3 aliphatic heterocycles.